The van der Waals surface area contributed by atoms with E-state index in [0.717, 1.165) is 6.07 Å². The number of fused-ring (bicyclic) bond motifs is 1. The van der Waals surface area contributed by atoms with E-state index in [1.165, 1.54) is 12.1 Å². The molecule has 0 saturated carbocycles. The maximum absolute atomic E-state index is 13.1. The number of hydrogen-bond acceptors (Lipinski definition) is 5. The van der Waals surface area contributed by atoms with Crippen molar-refractivity contribution in [2.45, 2.75) is 12.8 Å². The van der Waals surface area contributed by atoms with Gasteiger partial charge >= 0.3 is 5.97 Å². The first-order chi connectivity index (χ1) is 12.5. The Morgan fingerprint density at radius 3 is 2.81 bits per heavy atom. The largest absolute Gasteiger partial charge is 0.456 e. The third-order valence-electron chi connectivity index (χ3n) is 3.45. The Bertz CT molecular complexity index is 924. The van der Waals surface area contributed by atoms with E-state index in [1.807, 2.05) is 18.2 Å². The fraction of sp³-hybridized carbons (Fsp3) is 0.167. The van der Waals surface area contributed by atoms with Crippen LogP contribution in [0.25, 0.3) is 11.1 Å². The number of ether oxygens (including phenoxy) is 1. The van der Waals surface area contributed by atoms with Gasteiger partial charge in [0, 0.05) is 12.1 Å². The smallest absolute Gasteiger partial charge is 0.306 e. The van der Waals surface area contributed by atoms with Gasteiger partial charge in [0.05, 0.1) is 11.4 Å². The molecule has 26 heavy (non-hydrogen) atoms. The SMILES string of the molecule is O=C(COC(=O)CCc1nc2ccccc2o1)Nc1ccc(F)c(Cl)c1. The third kappa shape index (κ3) is 4.58. The molecule has 0 bridgehead atoms. The van der Waals surface area contributed by atoms with Crippen molar-refractivity contribution in [2.75, 3.05) is 11.9 Å². The molecule has 0 unspecified atom stereocenters. The van der Waals surface area contributed by atoms with Crippen LogP contribution in [0.15, 0.2) is 46.9 Å². The molecule has 1 aromatic heterocycles. The van der Waals surface area contributed by atoms with Crippen molar-refractivity contribution in [1.29, 1.82) is 0 Å². The number of benzene rings is 2. The molecule has 0 atom stereocenters. The molecule has 1 amide bonds. The van der Waals surface area contributed by atoms with Crippen LogP contribution in [0.1, 0.15) is 12.3 Å². The number of anilines is 1. The molecule has 3 aromatic rings. The number of esters is 1. The van der Waals surface area contributed by atoms with Gasteiger partial charge in [-0.2, -0.15) is 0 Å². The highest BCUT2D eigenvalue weighted by atomic mass is 35.5. The highest BCUT2D eigenvalue weighted by Crippen LogP contribution is 2.19. The number of para-hydroxylation sites is 2. The van der Waals surface area contributed by atoms with Crippen molar-refractivity contribution in [1.82, 2.24) is 4.98 Å². The van der Waals surface area contributed by atoms with E-state index in [4.69, 9.17) is 20.8 Å². The summed E-state index contributed by atoms with van der Waals surface area (Å²) in [7, 11) is 0. The minimum absolute atomic E-state index is 0.0302. The molecule has 1 N–H and O–H groups in total. The lowest BCUT2D eigenvalue weighted by atomic mass is 10.3. The zero-order chi connectivity index (χ0) is 18.5. The fourth-order valence-corrected chi connectivity index (χ4v) is 2.41. The third-order valence-corrected chi connectivity index (χ3v) is 3.74. The van der Waals surface area contributed by atoms with Gasteiger partial charge in [-0.25, -0.2) is 9.37 Å². The van der Waals surface area contributed by atoms with Gasteiger partial charge < -0.3 is 14.5 Å². The summed E-state index contributed by atoms with van der Waals surface area (Å²) in [5.74, 6) is -1.27. The van der Waals surface area contributed by atoms with Crippen LogP contribution in [-0.2, 0) is 20.7 Å². The van der Waals surface area contributed by atoms with Crippen LogP contribution in [-0.4, -0.2) is 23.5 Å². The predicted octanol–water partition coefficient (Wildman–Crippen LogP) is 3.73. The number of nitrogens with one attached hydrogen (secondary N) is 1. The van der Waals surface area contributed by atoms with Crippen molar-refractivity contribution in [3.8, 4) is 0 Å². The lowest BCUT2D eigenvalue weighted by Crippen LogP contribution is -2.21. The molecule has 0 radical (unpaired) electrons. The number of aromatic nitrogens is 1. The number of amides is 1. The van der Waals surface area contributed by atoms with E-state index in [0.29, 0.717) is 22.7 Å². The monoisotopic (exact) mass is 376 g/mol. The summed E-state index contributed by atoms with van der Waals surface area (Å²) in [6, 6.07) is 11.0. The van der Waals surface area contributed by atoms with Crippen LogP contribution >= 0.6 is 11.6 Å². The average Bonchev–Trinajstić information content (AvgIpc) is 3.04. The molecule has 0 aliphatic heterocycles. The summed E-state index contributed by atoms with van der Waals surface area (Å²) in [6.07, 6.45) is 0.297. The normalized spacial score (nSPS) is 10.7. The number of nitrogens with zero attached hydrogens (tertiary/aromatic N) is 1. The van der Waals surface area contributed by atoms with Crippen LogP contribution in [0, 0.1) is 5.82 Å². The highest BCUT2D eigenvalue weighted by molar-refractivity contribution is 6.31. The quantitative estimate of drug-likeness (QED) is 0.663. The van der Waals surface area contributed by atoms with Gasteiger partial charge in [-0.3, -0.25) is 9.59 Å². The Morgan fingerprint density at radius 1 is 1.23 bits per heavy atom. The van der Waals surface area contributed by atoms with Crippen LogP contribution in [0.4, 0.5) is 10.1 Å². The lowest BCUT2D eigenvalue weighted by molar-refractivity contribution is -0.147. The minimum Gasteiger partial charge on any atom is -0.456 e. The van der Waals surface area contributed by atoms with Gasteiger partial charge in [0.15, 0.2) is 18.1 Å². The Morgan fingerprint density at radius 2 is 2.04 bits per heavy atom. The Hall–Kier alpha value is -2.93. The molecule has 6 nitrogen and oxygen atoms in total. The molecule has 1 heterocycles. The molecule has 0 spiro atoms. The summed E-state index contributed by atoms with van der Waals surface area (Å²) in [4.78, 5) is 27.7. The predicted molar refractivity (Wildman–Crippen MR) is 93.3 cm³/mol. The van der Waals surface area contributed by atoms with Gasteiger partial charge in [0.25, 0.3) is 5.91 Å². The maximum atomic E-state index is 13.1. The topological polar surface area (TPSA) is 81.4 Å². The van der Waals surface area contributed by atoms with E-state index < -0.39 is 24.3 Å². The summed E-state index contributed by atoms with van der Waals surface area (Å²) >= 11 is 5.63. The second-order valence-electron chi connectivity index (χ2n) is 5.41. The molecular formula is C18H14ClFN2O4. The van der Waals surface area contributed by atoms with E-state index in [9.17, 15) is 14.0 Å². The second kappa shape index (κ2) is 7.97. The van der Waals surface area contributed by atoms with Gasteiger partial charge in [-0.1, -0.05) is 23.7 Å². The van der Waals surface area contributed by atoms with Crippen molar-refractivity contribution in [3.63, 3.8) is 0 Å². The number of oxazole rings is 1. The van der Waals surface area contributed by atoms with Crippen LogP contribution in [0.5, 0.6) is 0 Å². The molecule has 0 fully saturated rings. The molecule has 0 aliphatic carbocycles. The summed E-state index contributed by atoms with van der Waals surface area (Å²) in [5.41, 5.74) is 1.67. The first-order valence-electron chi connectivity index (χ1n) is 7.76. The second-order valence-corrected chi connectivity index (χ2v) is 5.82. The van der Waals surface area contributed by atoms with Gasteiger partial charge in [-0.05, 0) is 30.3 Å². The van der Waals surface area contributed by atoms with E-state index >= 15 is 0 Å². The maximum Gasteiger partial charge on any atom is 0.306 e. The zero-order valence-corrected chi connectivity index (χ0v) is 14.3. The lowest BCUT2D eigenvalue weighted by Gasteiger charge is -2.07. The molecule has 134 valence electrons. The number of carbonyl (C=O) groups is 2. The molecule has 8 heteroatoms. The average molecular weight is 377 g/mol. The summed E-state index contributed by atoms with van der Waals surface area (Å²) in [5, 5.41) is 2.35. The van der Waals surface area contributed by atoms with E-state index in [2.05, 4.69) is 10.3 Å². The van der Waals surface area contributed by atoms with Gasteiger partial charge in [-0.15, -0.1) is 0 Å². The minimum atomic E-state index is -0.588. The Balaban J connectivity index is 1.44. The first-order valence-corrected chi connectivity index (χ1v) is 8.14. The number of aryl methyl sites for hydroxylation is 1. The molecule has 0 saturated heterocycles. The zero-order valence-electron chi connectivity index (χ0n) is 13.5. The van der Waals surface area contributed by atoms with Crippen LogP contribution in [0.2, 0.25) is 5.02 Å². The van der Waals surface area contributed by atoms with Crippen molar-refractivity contribution in [2.24, 2.45) is 0 Å². The van der Waals surface area contributed by atoms with Gasteiger partial charge in [0.1, 0.15) is 11.3 Å². The standard InChI is InChI=1S/C18H14ClFN2O4/c19-12-9-11(5-6-13(12)20)21-16(23)10-25-18(24)8-7-17-22-14-3-1-2-4-15(14)26-17/h1-6,9H,7-8,10H2,(H,21,23). The van der Waals surface area contributed by atoms with Crippen molar-refractivity contribution in [3.05, 3.63) is 59.2 Å². The molecule has 3 rings (SSSR count). The van der Waals surface area contributed by atoms with E-state index in [-0.39, 0.29) is 17.9 Å². The van der Waals surface area contributed by atoms with Crippen LogP contribution < -0.4 is 5.32 Å². The Labute approximate surface area is 152 Å². The van der Waals surface area contributed by atoms with Crippen molar-refractivity contribution < 1.29 is 23.1 Å². The molecule has 0 aliphatic rings. The number of hydrogen-bond donors (Lipinski definition) is 1. The number of rotatable bonds is 6. The summed E-state index contributed by atoms with van der Waals surface area (Å²) < 4.78 is 23.5. The molecular weight excluding hydrogens is 363 g/mol. The van der Waals surface area contributed by atoms with E-state index in [1.54, 1.807) is 6.07 Å². The van der Waals surface area contributed by atoms with Crippen LogP contribution in [0.3, 0.4) is 0 Å². The number of carbonyl (C=O) groups excluding carboxylic acids is 2. The highest BCUT2D eigenvalue weighted by Gasteiger charge is 2.12. The summed E-state index contributed by atoms with van der Waals surface area (Å²) in [6.45, 7) is -0.457. The molecule has 2 aromatic carbocycles. The first kappa shape index (κ1) is 17.9. The Kier molecular flexibility index (Phi) is 5.48. The fourth-order valence-electron chi connectivity index (χ4n) is 2.23. The number of halogens is 2. The van der Waals surface area contributed by atoms with Crippen molar-refractivity contribution >= 4 is 40.3 Å². The van der Waals surface area contributed by atoms with Gasteiger partial charge in [0.2, 0.25) is 0 Å².